The van der Waals surface area contributed by atoms with Crippen LogP contribution in [0.5, 0.6) is 0 Å². The Kier molecular flexibility index (Phi) is 4.85. The Labute approximate surface area is 184 Å². The monoisotopic (exact) mass is 434 g/mol. The van der Waals surface area contributed by atoms with Crippen LogP contribution >= 0.6 is 0 Å². The second kappa shape index (κ2) is 7.59. The van der Waals surface area contributed by atoms with Crippen molar-refractivity contribution in [3.8, 4) is 11.3 Å². The predicted octanol–water partition coefficient (Wildman–Crippen LogP) is 2.29. The number of hydrogen-bond donors (Lipinski definition) is 4. The number of primary amides is 1. The van der Waals surface area contributed by atoms with Gasteiger partial charge in [-0.05, 0) is 68.4 Å². The Balaban J connectivity index is 1.57. The van der Waals surface area contributed by atoms with Crippen LogP contribution in [0.15, 0.2) is 36.5 Å². The molecule has 6 N–H and O–H groups in total. The highest BCUT2D eigenvalue weighted by Gasteiger charge is 2.53. The molecule has 2 fully saturated rings. The van der Waals surface area contributed by atoms with E-state index in [0.717, 1.165) is 25.7 Å². The molecule has 1 amide bonds. The summed E-state index contributed by atoms with van der Waals surface area (Å²) >= 11 is 0. The van der Waals surface area contributed by atoms with Gasteiger partial charge in [-0.3, -0.25) is 9.59 Å². The van der Waals surface area contributed by atoms with Crippen molar-refractivity contribution in [3.05, 3.63) is 47.7 Å². The van der Waals surface area contributed by atoms with E-state index in [1.54, 1.807) is 28.9 Å². The zero-order chi connectivity index (χ0) is 22.5. The third kappa shape index (κ3) is 3.48. The maximum Gasteiger partial charge on any atom is 0.314 e. The summed E-state index contributed by atoms with van der Waals surface area (Å²) in [6.07, 6.45) is 6.70. The van der Waals surface area contributed by atoms with Crippen LogP contribution in [0.1, 0.15) is 54.4 Å². The number of fused-ring (bicyclic) bond motifs is 1. The number of nitrogens with zero attached hydrogens (tertiary/aromatic N) is 3. The molecule has 0 unspecified atom stereocenters. The van der Waals surface area contributed by atoms with Crippen LogP contribution < -0.4 is 16.8 Å². The maximum atomic E-state index is 12.0. The van der Waals surface area contributed by atoms with E-state index in [9.17, 15) is 14.7 Å². The molecule has 0 bridgehead atoms. The standard InChI is InChI=1S/C23H26N6O3/c24-14-2-4-15(5-3-14)27-19-7-8-20-26-12-18(29(20)28-19)16-11-13(21(25)30)1-6-17(16)23(9-10-23)22(31)32/h1,6-8,11-12,14-15H,2-5,9-10,24H2,(H2,25,30)(H,27,28)(H,31,32). The smallest absolute Gasteiger partial charge is 0.314 e. The molecule has 2 aromatic heterocycles. The fraction of sp³-hybridized carbons (Fsp3) is 0.391. The number of benzene rings is 1. The Morgan fingerprint density at radius 2 is 1.88 bits per heavy atom. The number of carboxylic acids is 1. The van der Waals surface area contributed by atoms with Crippen molar-refractivity contribution < 1.29 is 14.7 Å². The van der Waals surface area contributed by atoms with Crippen molar-refractivity contribution in [1.82, 2.24) is 14.6 Å². The van der Waals surface area contributed by atoms with Crippen molar-refractivity contribution in [2.24, 2.45) is 11.5 Å². The molecular weight excluding hydrogens is 408 g/mol. The van der Waals surface area contributed by atoms with E-state index < -0.39 is 17.3 Å². The van der Waals surface area contributed by atoms with Crippen LogP contribution in [0.25, 0.3) is 16.9 Å². The molecule has 2 aliphatic carbocycles. The summed E-state index contributed by atoms with van der Waals surface area (Å²) in [5.41, 5.74) is 13.4. The number of nitrogens with one attached hydrogen (secondary N) is 1. The van der Waals surface area contributed by atoms with E-state index >= 15 is 0 Å². The van der Waals surface area contributed by atoms with Gasteiger partial charge in [-0.25, -0.2) is 9.50 Å². The summed E-state index contributed by atoms with van der Waals surface area (Å²) in [7, 11) is 0. The molecule has 3 aromatic rings. The van der Waals surface area contributed by atoms with Gasteiger partial charge in [0.05, 0.1) is 17.3 Å². The molecule has 0 saturated heterocycles. The van der Waals surface area contributed by atoms with Crippen LogP contribution in [0.3, 0.4) is 0 Å². The molecule has 1 aromatic carbocycles. The van der Waals surface area contributed by atoms with Gasteiger partial charge in [-0.2, -0.15) is 0 Å². The van der Waals surface area contributed by atoms with Crippen LogP contribution in [0, 0.1) is 0 Å². The van der Waals surface area contributed by atoms with E-state index in [1.165, 1.54) is 0 Å². The third-order valence-corrected chi connectivity index (χ3v) is 6.74. The lowest BCUT2D eigenvalue weighted by Gasteiger charge is -2.27. The van der Waals surface area contributed by atoms with E-state index in [0.29, 0.717) is 52.7 Å². The second-order valence-electron chi connectivity index (χ2n) is 8.90. The molecule has 2 heterocycles. The summed E-state index contributed by atoms with van der Waals surface area (Å²) < 4.78 is 1.69. The average Bonchev–Trinajstić information content (AvgIpc) is 3.49. The van der Waals surface area contributed by atoms with Crippen molar-refractivity contribution >= 4 is 23.3 Å². The number of nitrogens with two attached hydrogens (primary N) is 2. The average molecular weight is 435 g/mol. The van der Waals surface area contributed by atoms with Crippen LogP contribution in [-0.4, -0.2) is 43.7 Å². The van der Waals surface area contributed by atoms with Crippen LogP contribution in [0.2, 0.25) is 0 Å². The largest absolute Gasteiger partial charge is 0.481 e. The van der Waals surface area contributed by atoms with Gasteiger partial charge in [0.15, 0.2) is 5.65 Å². The minimum atomic E-state index is -0.952. The molecule has 2 saturated carbocycles. The highest BCUT2D eigenvalue weighted by molar-refractivity contribution is 5.96. The fourth-order valence-electron chi connectivity index (χ4n) is 4.66. The number of rotatable bonds is 6. The van der Waals surface area contributed by atoms with Gasteiger partial charge in [0.25, 0.3) is 0 Å². The van der Waals surface area contributed by atoms with Crippen molar-refractivity contribution in [2.45, 2.75) is 56.0 Å². The van der Waals surface area contributed by atoms with Gasteiger partial charge < -0.3 is 21.9 Å². The van der Waals surface area contributed by atoms with E-state index in [1.807, 2.05) is 12.1 Å². The summed E-state index contributed by atoms with van der Waals surface area (Å²) in [6, 6.07) is 9.26. The van der Waals surface area contributed by atoms with Crippen molar-refractivity contribution in [1.29, 1.82) is 0 Å². The van der Waals surface area contributed by atoms with Gasteiger partial charge in [-0.1, -0.05) is 6.07 Å². The maximum absolute atomic E-state index is 12.0. The van der Waals surface area contributed by atoms with E-state index in [2.05, 4.69) is 10.3 Å². The Morgan fingerprint density at radius 3 is 2.53 bits per heavy atom. The summed E-state index contributed by atoms with van der Waals surface area (Å²) in [4.78, 5) is 28.3. The molecule has 9 nitrogen and oxygen atoms in total. The van der Waals surface area contributed by atoms with E-state index in [-0.39, 0.29) is 6.04 Å². The number of anilines is 1. The molecular formula is C23H26N6O3. The van der Waals surface area contributed by atoms with Crippen molar-refractivity contribution in [2.75, 3.05) is 5.32 Å². The molecule has 0 spiro atoms. The number of imidazole rings is 1. The lowest BCUT2D eigenvalue weighted by atomic mass is 9.88. The molecule has 0 atom stereocenters. The number of aliphatic carboxylic acids is 1. The summed E-state index contributed by atoms with van der Waals surface area (Å²) in [6.45, 7) is 0. The Bertz CT molecular complexity index is 1210. The summed E-state index contributed by atoms with van der Waals surface area (Å²) in [5, 5.41) is 18.1. The summed E-state index contributed by atoms with van der Waals surface area (Å²) in [5.74, 6) is -0.730. The molecule has 166 valence electrons. The zero-order valence-electron chi connectivity index (χ0n) is 17.6. The highest BCUT2D eigenvalue weighted by Crippen LogP contribution is 2.51. The Hall–Kier alpha value is -3.46. The first-order valence-electron chi connectivity index (χ1n) is 10.9. The first-order valence-corrected chi connectivity index (χ1v) is 10.9. The fourth-order valence-corrected chi connectivity index (χ4v) is 4.66. The number of carbonyl (C=O) groups is 2. The Morgan fingerprint density at radius 1 is 1.12 bits per heavy atom. The third-order valence-electron chi connectivity index (χ3n) is 6.74. The van der Waals surface area contributed by atoms with Gasteiger partial charge >= 0.3 is 5.97 Å². The van der Waals surface area contributed by atoms with Gasteiger partial charge in [0.1, 0.15) is 5.82 Å². The minimum Gasteiger partial charge on any atom is -0.481 e. The molecule has 5 rings (SSSR count). The quantitative estimate of drug-likeness (QED) is 0.465. The first-order chi connectivity index (χ1) is 15.4. The van der Waals surface area contributed by atoms with E-state index in [4.69, 9.17) is 16.6 Å². The number of hydrogen-bond acceptors (Lipinski definition) is 6. The minimum absolute atomic E-state index is 0.267. The second-order valence-corrected chi connectivity index (χ2v) is 8.90. The molecule has 0 radical (unpaired) electrons. The van der Waals surface area contributed by atoms with Crippen LogP contribution in [0.4, 0.5) is 5.82 Å². The predicted molar refractivity (Wildman–Crippen MR) is 119 cm³/mol. The lowest BCUT2D eigenvalue weighted by Crippen LogP contribution is -2.33. The van der Waals surface area contributed by atoms with Gasteiger partial charge in [0.2, 0.25) is 5.91 Å². The number of carbonyl (C=O) groups excluding carboxylic acids is 1. The topological polar surface area (TPSA) is 149 Å². The normalized spacial score (nSPS) is 21.9. The van der Waals surface area contributed by atoms with Crippen molar-refractivity contribution in [3.63, 3.8) is 0 Å². The number of aromatic nitrogens is 3. The number of carboxylic acid groups (broad SMARTS) is 1. The molecule has 2 aliphatic rings. The van der Waals surface area contributed by atoms with Gasteiger partial charge in [0, 0.05) is 23.2 Å². The molecule has 32 heavy (non-hydrogen) atoms. The number of amides is 1. The lowest BCUT2D eigenvalue weighted by molar-refractivity contribution is -0.140. The first kappa shape index (κ1) is 20.4. The van der Waals surface area contributed by atoms with Gasteiger partial charge in [-0.15, -0.1) is 5.10 Å². The zero-order valence-corrected chi connectivity index (χ0v) is 17.6. The van der Waals surface area contributed by atoms with Crippen LogP contribution in [-0.2, 0) is 10.2 Å². The molecule has 0 aliphatic heterocycles. The SMILES string of the molecule is NC(=O)c1ccc(C2(C(=O)O)CC2)c(-c2cnc3ccc(NC4CCC(N)CC4)nn23)c1. The highest BCUT2D eigenvalue weighted by atomic mass is 16.4. The molecule has 9 heteroatoms.